The minimum absolute atomic E-state index is 0.317. The molecule has 0 saturated carbocycles. The molecular formula is C19H18FN3O3S. The predicted octanol–water partition coefficient (Wildman–Crippen LogP) is 3.87. The maximum absolute atomic E-state index is 13.7. The summed E-state index contributed by atoms with van der Waals surface area (Å²) in [7, 11) is -4.01. The van der Waals surface area contributed by atoms with Crippen LogP contribution in [0.3, 0.4) is 0 Å². The Bertz CT molecular complexity index is 1010. The van der Waals surface area contributed by atoms with Crippen molar-refractivity contribution >= 4 is 15.7 Å². The van der Waals surface area contributed by atoms with Gasteiger partial charge < -0.3 is 4.74 Å². The molecule has 1 heterocycles. The summed E-state index contributed by atoms with van der Waals surface area (Å²) in [5.41, 5.74) is 1.71. The van der Waals surface area contributed by atoms with Gasteiger partial charge in [0.2, 0.25) is 5.88 Å². The fraction of sp³-hybridized carbons (Fsp3) is 0.158. The van der Waals surface area contributed by atoms with Crippen LogP contribution >= 0.6 is 0 Å². The van der Waals surface area contributed by atoms with Crippen LogP contribution in [0.25, 0.3) is 11.3 Å². The monoisotopic (exact) mass is 387 g/mol. The van der Waals surface area contributed by atoms with Crippen LogP contribution in [0.5, 0.6) is 5.88 Å². The van der Waals surface area contributed by atoms with Crippen molar-refractivity contribution < 1.29 is 17.5 Å². The van der Waals surface area contributed by atoms with Crippen molar-refractivity contribution in [1.82, 2.24) is 10.2 Å². The predicted molar refractivity (Wildman–Crippen MR) is 100 cm³/mol. The fourth-order valence-electron chi connectivity index (χ4n) is 2.34. The van der Waals surface area contributed by atoms with Crippen molar-refractivity contribution in [3.8, 4) is 17.1 Å². The van der Waals surface area contributed by atoms with Crippen molar-refractivity contribution in [1.29, 1.82) is 0 Å². The summed E-state index contributed by atoms with van der Waals surface area (Å²) in [5, 5.41) is 8.10. The molecule has 0 atom stereocenters. The van der Waals surface area contributed by atoms with Crippen molar-refractivity contribution in [3.05, 3.63) is 66.5 Å². The maximum atomic E-state index is 13.7. The molecule has 140 valence electrons. The Balaban J connectivity index is 1.75. The summed E-state index contributed by atoms with van der Waals surface area (Å²) in [6.07, 6.45) is 0.883. The smallest absolute Gasteiger partial charge is 0.264 e. The summed E-state index contributed by atoms with van der Waals surface area (Å²) in [4.78, 5) is -0.400. The van der Waals surface area contributed by atoms with E-state index < -0.39 is 20.7 Å². The van der Waals surface area contributed by atoms with Crippen LogP contribution in [0.4, 0.5) is 10.1 Å². The van der Waals surface area contributed by atoms with Gasteiger partial charge in [-0.25, -0.2) is 12.8 Å². The number of aromatic nitrogens is 2. The number of sulfonamides is 1. The molecular weight excluding hydrogens is 369 g/mol. The lowest BCUT2D eigenvalue weighted by Gasteiger charge is -2.09. The zero-order valence-electron chi connectivity index (χ0n) is 14.6. The van der Waals surface area contributed by atoms with Gasteiger partial charge in [-0.2, -0.15) is 0 Å². The van der Waals surface area contributed by atoms with E-state index in [1.54, 1.807) is 36.4 Å². The van der Waals surface area contributed by atoms with Gasteiger partial charge in [0.15, 0.2) is 0 Å². The van der Waals surface area contributed by atoms with Crippen molar-refractivity contribution in [2.24, 2.45) is 0 Å². The topological polar surface area (TPSA) is 81.2 Å². The number of rotatable bonds is 7. The summed E-state index contributed by atoms with van der Waals surface area (Å²) in [6, 6.07) is 15.3. The fourth-order valence-corrected chi connectivity index (χ4v) is 3.48. The molecule has 3 rings (SSSR count). The molecule has 2 aromatic carbocycles. The van der Waals surface area contributed by atoms with E-state index in [1.807, 2.05) is 6.92 Å². The number of benzene rings is 2. The molecule has 0 unspecified atom stereocenters. The largest absolute Gasteiger partial charge is 0.477 e. The molecule has 1 N–H and O–H groups in total. The quantitative estimate of drug-likeness (QED) is 0.665. The molecule has 0 radical (unpaired) electrons. The van der Waals surface area contributed by atoms with E-state index in [2.05, 4.69) is 14.9 Å². The van der Waals surface area contributed by atoms with Gasteiger partial charge in [-0.3, -0.25) is 4.72 Å². The zero-order chi connectivity index (χ0) is 19.3. The number of hydrogen-bond acceptors (Lipinski definition) is 5. The Morgan fingerprint density at radius 1 is 1.00 bits per heavy atom. The van der Waals surface area contributed by atoms with Crippen LogP contribution in [0, 0.1) is 5.82 Å². The van der Waals surface area contributed by atoms with Crippen LogP contribution in [-0.2, 0) is 10.0 Å². The average Bonchev–Trinajstić information content (AvgIpc) is 2.67. The zero-order valence-corrected chi connectivity index (χ0v) is 15.4. The lowest BCUT2D eigenvalue weighted by Crippen LogP contribution is -2.14. The molecule has 0 bridgehead atoms. The van der Waals surface area contributed by atoms with Crippen LogP contribution in [-0.4, -0.2) is 25.2 Å². The highest BCUT2D eigenvalue weighted by atomic mass is 32.2. The van der Waals surface area contributed by atoms with Crippen LogP contribution in [0.15, 0.2) is 65.6 Å². The summed E-state index contributed by atoms with van der Waals surface area (Å²) in [5.74, 6) is -0.350. The Kier molecular flexibility index (Phi) is 5.66. The normalized spacial score (nSPS) is 11.2. The molecule has 1 aromatic heterocycles. The minimum atomic E-state index is -4.01. The van der Waals surface area contributed by atoms with Crippen LogP contribution < -0.4 is 9.46 Å². The van der Waals surface area contributed by atoms with Gasteiger partial charge in [0.1, 0.15) is 10.7 Å². The number of nitrogens with one attached hydrogen (secondary N) is 1. The Morgan fingerprint density at radius 3 is 2.37 bits per heavy atom. The van der Waals surface area contributed by atoms with E-state index in [1.165, 1.54) is 18.2 Å². The summed E-state index contributed by atoms with van der Waals surface area (Å²) in [6.45, 7) is 2.58. The van der Waals surface area contributed by atoms with Crippen LogP contribution in [0.2, 0.25) is 0 Å². The standard InChI is InChI=1S/C19H18FN3O3S/c1-2-13-26-19-12-11-17(21-22-19)14-7-9-15(10-8-14)23-27(24,25)18-6-4-3-5-16(18)20/h3-12,23H,2,13H2,1H3. The van der Waals surface area contributed by atoms with Gasteiger partial charge in [-0.1, -0.05) is 31.2 Å². The van der Waals surface area contributed by atoms with Crippen molar-refractivity contribution in [3.63, 3.8) is 0 Å². The first kappa shape index (κ1) is 18.8. The molecule has 0 saturated heterocycles. The molecule has 6 nitrogen and oxygen atoms in total. The highest BCUT2D eigenvalue weighted by Gasteiger charge is 2.18. The summed E-state index contributed by atoms with van der Waals surface area (Å²) >= 11 is 0. The Morgan fingerprint density at radius 2 is 1.74 bits per heavy atom. The van der Waals surface area contributed by atoms with E-state index in [9.17, 15) is 12.8 Å². The second kappa shape index (κ2) is 8.13. The number of halogens is 1. The lowest BCUT2D eigenvalue weighted by molar-refractivity contribution is 0.302. The molecule has 3 aromatic rings. The molecule has 27 heavy (non-hydrogen) atoms. The molecule has 0 amide bonds. The molecule has 0 aliphatic heterocycles. The van der Waals surface area contributed by atoms with Gasteiger partial charge >= 0.3 is 0 Å². The number of nitrogens with zero attached hydrogens (tertiary/aromatic N) is 2. The van der Waals surface area contributed by atoms with Gasteiger partial charge in [-0.05, 0) is 36.8 Å². The van der Waals surface area contributed by atoms with Gasteiger partial charge in [-0.15, -0.1) is 10.2 Å². The highest BCUT2D eigenvalue weighted by Crippen LogP contribution is 2.23. The highest BCUT2D eigenvalue weighted by molar-refractivity contribution is 7.92. The van der Waals surface area contributed by atoms with Crippen molar-refractivity contribution in [2.45, 2.75) is 18.2 Å². The SMILES string of the molecule is CCCOc1ccc(-c2ccc(NS(=O)(=O)c3ccccc3F)cc2)nn1. The van der Waals surface area contributed by atoms with Crippen LogP contribution in [0.1, 0.15) is 13.3 Å². The third-order valence-corrected chi connectivity index (χ3v) is 5.07. The molecule has 0 aliphatic rings. The third-order valence-electron chi connectivity index (χ3n) is 3.65. The number of anilines is 1. The third kappa shape index (κ3) is 4.59. The molecule has 0 spiro atoms. The Labute approximate surface area is 157 Å². The van der Waals surface area contributed by atoms with E-state index in [-0.39, 0.29) is 0 Å². The second-order valence-corrected chi connectivity index (χ2v) is 7.37. The summed E-state index contributed by atoms with van der Waals surface area (Å²) < 4.78 is 46.1. The first-order valence-corrected chi connectivity index (χ1v) is 9.82. The Hall–Kier alpha value is -3.00. The van der Waals surface area contributed by atoms with Crippen molar-refractivity contribution in [2.75, 3.05) is 11.3 Å². The van der Waals surface area contributed by atoms with Gasteiger partial charge in [0, 0.05) is 17.3 Å². The first-order valence-electron chi connectivity index (χ1n) is 8.34. The number of hydrogen-bond donors (Lipinski definition) is 1. The van der Waals surface area contributed by atoms with Gasteiger partial charge in [0.25, 0.3) is 10.0 Å². The number of ether oxygens (including phenoxy) is 1. The minimum Gasteiger partial charge on any atom is -0.477 e. The molecule has 0 aliphatic carbocycles. The lowest BCUT2D eigenvalue weighted by atomic mass is 10.1. The molecule has 0 fully saturated rings. The molecule has 8 heteroatoms. The second-order valence-electron chi connectivity index (χ2n) is 5.72. The van der Waals surface area contributed by atoms with E-state index in [0.717, 1.165) is 18.1 Å². The van der Waals surface area contributed by atoms with E-state index in [0.29, 0.717) is 23.9 Å². The maximum Gasteiger partial charge on any atom is 0.264 e. The average molecular weight is 387 g/mol. The van der Waals surface area contributed by atoms with E-state index in [4.69, 9.17) is 4.74 Å². The van der Waals surface area contributed by atoms with E-state index >= 15 is 0 Å². The van der Waals surface area contributed by atoms with Gasteiger partial charge in [0.05, 0.1) is 12.3 Å². The first-order chi connectivity index (χ1) is 13.0.